The van der Waals surface area contributed by atoms with Gasteiger partial charge in [-0.3, -0.25) is 9.78 Å². The molecule has 1 fully saturated rings. The molecule has 1 aliphatic rings. The number of hydrogen-bond acceptors (Lipinski definition) is 4. The zero-order chi connectivity index (χ0) is 17.9. The molecule has 0 radical (unpaired) electrons. The summed E-state index contributed by atoms with van der Waals surface area (Å²) in [4.78, 5) is 19.5. The number of carbonyl (C=O) groups excluding carboxylic acids is 1. The molecule has 3 aromatic rings. The number of carbonyl (C=O) groups is 1. The summed E-state index contributed by atoms with van der Waals surface area (Å²) in [7, 11) is 1.63. The van der Waals surface area contributed by atoms with E-state index in [4.69, 9.17) is 9.15 Å². The molecule has 0 saturated heterocycles. The molecule has 0 N–H and O–H groups in total. The van der Waals surface area contributed by atoms with Gasteiger partial charge in [0, 0.05) is 17.6 Å². The number of nitrogens with zero attached hydrogens (tertiary/aromatic N) is 2. The molecule has 26 heavy (non-hydrogen) atoms. The highest BCUT2D eigenvalue weighted by Gasteiger charge is 2.29. The van der Waals surface area contributed by atoms with Crippen LogP contribution in [0.2, 0.25) is 0 Å². The topological polar surface area (TPSA) is 55.6 Å². The van der Waals surface area contributed by atoms with Crippen molar-refractivity contribution in [3.63, 3.8) is 0 Å². The van der Waals surface area contributed by atoms with Crippen LogP contribution in [0.5, 0.6) is 5.75 Å². The lowest BCUT2D eigenvalue weighted by Crippen LogP contribution is -2.38. The van der Waals surface area contributed by atoms with Crippen molar-refractivity contribution in [2.24, 2.45) is 0 Å². The Morgan fingerprint density at radius 2 is 2.08 bits per heavy atom. The molecular weight excluding hydrogens is 328 g/mol. The standard InChI is InChI=1S/C21H22N2O3/c1-25-18-9-10-19-15(12-18)13-20(26-19)21(24)23(17-7-2-3-8-17)14-16-6-4-5-11-22-16/h4-6,9-13,17H,2-3,7-8,14H2,1H3. The maximum Gasteiger partial charge on any atom is 0.290 e. The Morgan fingerprint density at radius 1 is 1.23 bits per heavy atom. The first-order valence-electron chi connectivity index (χ1n) is 9.03. The maximum atomic E-state index is 13.2. The number of methoxy groups -OCH3 is 1. The highest BCUT2D eigenvalue weighted by molar-refractivity contribution is 5.96. The van der Waals surface area contributed by atoms with E-state index in [-0.39, 0.29) is 11.9 Å². The van der Waals surface area contributed by atoms with E-state index in [2.05, 4.69) is 4.98 Å². The van der Waals surface area contributed by atoms with E-state index >= 15 is 0 Å². The van der Waals surface area contributed by atoms with Gasteiger partial charge in [0.1, 0.15) is 11.3 Å². The Bertz CT molecular complexity index is 898. The zero-order valence-corrected chi connectivity index (χ0v) is 14.9. The monoisotopic (exact) mass is 350 g/mol. The summed E-state index contributed by atoms with van der Waals surface area (Å²) in [6.07, 6.45) is 6.15. The Balaban J connectivity index is 1.65. The van der Waals surface area contributed by atoms with Crippen LogP contribution >= 0.6 is 0 Å². The van der Waals surface area contributed by atoms with Gasteiger partial charge in [-0.1, -0.05) is 18.9 Å². The summed E-state index contributed by atoms with van der Waals surface area (Å²) < 4.78 is 11.1. The summed E-state index contributed by atoms with van der Waals surface area (Å²) in [5.41, 5.74) is 1.59. The van der Waals surface area contributed by atoms with Gasteiger partial charge in [0.05, 0.1) is 19.3 Å². The van der Waals surface area contributed by atoms with E-state index in [1.54, 1.807) is 19.4 Å². The van der Waals surface area contributed by atoms with Crippen LogP contribution < -0.4 is 4.74 Å². The van der Waals surface area contributed by atoms with Crippen molar-refractivity contribution in [1.29, 1.82) is 0 Å². The third-order valence-corrected chi connectivity index (χ3v) is 5.02. The SMILES string of the molecule is COc1ccc2oc(C(=O)N(Cc3ccccn3)C3CCCC3)cc2c1. The Hall–Kier alpha value is -2.82. The van der Waals surface area contributed by atoms with Crippen molar-refractivity contribution in [3.05, 3.63) is 60.1 Å². The fraction of sp³-hybridized carbons (Fsp3) is 0.333. The highest BCUT2D eigenvalue weighted by Crippen LogP contribution is 2.29. The summed E-state index contributed by atoms with van der Waals surface area (Å²) in [5, 5.41) is 0.872. The Morgan fingerprint density at radius 3 is 2.81 bits per heavy atom. The van der Waals surface area contributed by atoms with Crippen molar-refractivity contribution in [2.75, 3.05) is 7.11 Å². The van der Waals surface area contributed by atoms with E-state index in [0.29, 0.717) is 17.9 Å². The molecule has 2 heterocycles. The van der Waals surface area contributed by atoms with Gasteiger partial charge in [-0.2, -0.15) is 0 Å². The number of amides is 1. The van der Waals surface area contributed by atoms with Gasteiger partial charge in [0.2, 0.25) is 0 Å². The molecular formula is C21H22N2O3. The van der Waals surface area contributed by atoms with Gasteiger partial charge in [-0.25, -0.2) is 0 Å². The van der Waals surface area contributed by atoms with E-state index in [9.17, 15) is 4.79 Å². The first-order chi connectivity index (χ1) is 12.7. The van der Waals surface area contributed by atoms with Crippen molar-refractivity contribution < 1.29 is 13.9 Å². The van der Waals surface area contributed by atoms with Crippen molar-refractivity contribution in [1.82, 2.24) is 9.88 Å². The Labute approximate surface area is 152 Å². The zero-order valence-electron chi connectivity index (χ0n) is 14.9. The van der Waals surface area contributed by atoms with Crippen molar-refractivity contribution in [2.45, 2.75) is 38.3 Å². The second kappa shape index (κ2) is 7.20. The number of ether oxygens (including phenoxy) is 1. The molecule has 4 rings (SSSR count). The first-order valence-corrected chi connectivity index (χ1v) is 9.03. The Kier molecular flexibility index (Phi) is 4.61. The molecule has 1 saturated carbocycles. The molecule has 0 spiro atoms. The summed E-state index contributed by atoms with van der Waals surface area (Å²) in [6.45, 7) is 0.505. The minimum atomic E-state index is -0.0716. The second-order valence-corrected chi connectivity index (χ2v) is 6.71. The van der Waals surface area contributed by atoms with Gasteiger partial charge >= 0.3 is 0 Å². The van der Waals surface area contributed by atoms with E-state index in [1.165, 1.54) is 0 Å². The minimum absolute atomic E-state index is 0.0716. The molecule has 134 valence electrons. The number of benzene rings is 1. The molecule has 5 nitrogen and oxygen atoms in total. The predicted octanol–water partition coefficient (Wildman–Crippen LogP) is 4.42. The van der Waals surface area contributed by atoms with Crippen LogP contribution in [-0.4, -0.2) is 28.9 Å². The predicted molar refractivity (Wildman–Crippen MR) is 99.1 cm³/mol. The number of fused-ring (bicyclic) bond motifs is 1. The lowest BCUT2D eigenvalue weighted by molar-refractivity contribution is 0.0631. The lowest BCUT2D eigenvalue weighted by Gasteiger charge is -2.27. The molecule has 0 atom stereocenters. The van der Waals surface area contributed by atoms with Crippen LogP contribution in [0, 0.1) is 0 Å². The average molecular weight is 350 g/mol. The fourth-order valence-corrected chi connectivity index (χ4v) is 3.64. The van der Waals surface area contributed by atoms with Crippen LogP contribution in [0.25, 0.3) is 11.0 Å². The van der Waals surface area contributed by atoms with Crippen molar-refractivity contribution >= 4 is 16.9 Å². The molecule has 5 heteroatoms. The van der Waals surface area contributed by atoms with Gasteiger partial charge in [-0.15, -0.1) is 0 Å². The van der Waals surface area contributed by atoms with Crippen LogP contribution in [0.1, 0.15) is 41.9 Å². The smallest absolute Gasteiger partial charge is 0.290 e. The summed E-state index contributed by atoms with van der Waals surface area (Å²) in [5.74, 6) is 1.05. The number of furan rings is 1. The molecule has 0 bridgehead atoms. The normalized spacial score (nSPS) is 14.7. The summed E-state index contributed by atoms with van der Waals surface area (Å²) in [6, 6.07) is 13.4. The van der Waals surface area contributed by atoms with Crippen molar-refractivity contribution in [3.8, 4) is 5.75 Å². The maximum absolute atomic E-state index is 13.2. The molecule has 0 unspecified atom stereocenters. The van der Waals surface area contributed by atoms with Crippen LogP contribution in [0.15, 0.2) is 53.1 Å². The second-order valence-electron chi connectivity index (χ2n) is 6.71. The van der Waals surface area contributed by atoms with Crippen LogP contribution in [0.3, 0.4) is 0 Å². The average Bonchev–Trinajstić information content (AvgIpc) is 3.35. The van der Waals surface area contributed by atoms with E-state index in [1.807, 2.05) is 41.3 Å². The molecule has 1 aliphatic carbocycles. The largest absolute Gasteiger partial charge is 0.497 e. The lowest BCUT2D eigenvalue weighted by atomic mass is 10.1. The minimum Gasteiger partial charge on any atom is -0.497 e. The van der Waals surface area contributed by atoms with Crippen LogP contribution in [-0.2, 0) is 6.54 Å². The van der Waals surface area contributed by atoms with Gasteiger partial charge in [-0.05, 0) is 49.2 Å². The number of rotatable bonds is 5. The molecule has 1 amide bonds. The molecule has 2 aromatic heterocycles. The summed E-state index contributed by atoms with van der Waals surface area (Å²) >= 11 is 0. The third kappa shape index (κ3) is 3.29. The number of pyridine rings is 1. The van der Waals surface area contributed by atoms with Gasteiger partial charge in [0.15, 0.2) is 5.76 Å². The molecule has 1 aromatic carbocycles. The van der Waals surface area contributed by atoms with E-state index in [0.717, 1.165) is 42.5 Å². The molecule has 0 aliphatic heterocycles. The van der Waals surface area contributed by atoms with E-state index < -0.39 is 0 Å². The quantitative estimate of drug-likeness (QED) is 0.683. The van der Waals surface area contributed by atoms with Gasteiger partial charge in [0.25, 0.3) is 5.91 Å². The number of aromatic nitrogens is 1. The first kappa shape index (κ1) is 16.6. The van der Waals surface area contributed by atoms with Gasteiger partial charge < -0.3 is 14.1 Å². The highest BCUT2D eigenvalue weighted by atomic mass is 16.5. The van der Waals surface area contributed by atoms with Crippen LogP contribution in [0.4, 0.5) is 0 Å². The number of hydrogen-bond donors (Lipinski definition) is 0. The third-order valence-electron chi connectivity index (χ3n) is 5.02. The fourth-order valence-electron chi connectivity index (χ4n) is 3.64.